The second-order valence-corrected chi connectivity index (χ2v) is 7.75. The average Bonchev–Trinajstić information content (AvgIpc) is 3.39. The topological polar surface area (TPSA) is 77.2 Å². The highest BCUT2D eigenvalue weighted by atomic mass is 32.1. The third kappa shape index (κ3) is 4.43. The summed E-state index contributed by atoms with van der Waals surface area (Å²) in [5.74, 6) is 0.838. The first-order chi connectivity index (χ1) is 13.2. The predicted molar refractivity (Wildman–Crippen MR) is 102 cm³/mol. The lowest BCUT2D eigenvalue weighted by atomic mass is 9.98. The van der Waals surface area contributed by atoms with Gasteiger partial charge in [-0.05, 0) is 12.5 Å². The molecule has 1 amide bonds. The van der Waals surface area contributed by atoms with Gasteiger partial charge in [0.1, 0.15) is 11.5 Å². The number of amides is 1. The zero-order chi connectivity index (χ0) is 18.6. The molecular formula is C20H21N3O3S. The van der Waals surface area contributed by atoms with Crippen LogP contribution in [0.15, 0.2) is 46.3 Å². The third-order valence-corrected chi connectivity index (χ3v) is 5.49. The van der Waals surface area contributed by atoms with Gasteiger partial charge >= 0.3 is 0 Å². The molecule has 7 heteroatoms. The molecule has 0 bridgehead atoms. The Balaban J connectivity index is 1.37. The van der Waals surface area contributed by atoms with Crippen LogP contribution in [0.4, 0.5) is 0 Å². The van der Waals surface area contributed by atoms with Gasteiger partial charge in [-0.15, -0.1) is 11.3 Å². The fourth-order valence-electron chi connectivity index (χ4n) is 3.24. The maximum atomic E-state index is 12.6. The summed E-state index contributed by atoms with van der Waals surface area (Å²) in [6, 6.07) is 12.0. The van der Waals surface area contributed by atoms with E-state index < -0.39 is 0 Å². The maximum absolute atomic E-state index is 12.6. The highest BCUT2D eigenvalue weighted by Crippen LogP contribution is 2.21. The minimum atomic E-state index is -0.153. The molecule has 27 heavy (non-hydrogen) atoms. The molecule has 0 spiro atoms. The van der Waals surface area contributed by atoms with Gasteiger partial charge in [0.15, 0.2) is 0 Å². The molecule has 3 aromatic rings. The molecule has 0 aliphatic carbocycles. The first-order valence-corrected chi connectivity index (χ1v) is 9.84. The molecule has 1 saturated heterocycles. The standard InChI is InChI=1S/C20H21N3O3S/c1-13-7-16(26-23-13)9-15-10-25-11-17(15)22-20(24)18-12-27-19(21-18)8-14-5-3-2-4-6-14/h2-7,12,15,17H,8-11H2,1H3,(H,22,24)/t15-,17+/m1/s1. The van der Waals surface area contributed by atoms with Crippen molar-refractivity contribution >= 4 is 17.2 Å². The lowest BCUT2D eigenvalue weighted by molar-refractivity contribution is 0.0920. The molecule has 140 valence electrons. The first kappa shape index (κ1) is 17.9. The van der Waals surface area contributed by atoms with Crippen LogP contribution in [0, 0.1) is 12.8 Å². The molecule has 2 atom stereocenters. The molecule has 1 fully saturated rings. The van der Waals surface area contributed by atoms with E-state index in [-0.39, 0.29) is 17.9 Å². The van der Waals surface area contributed by atoms with Crippen LogP contribution in [-0.2, 0) is 17.6 Å². The van der Waals surface area contributed by atoms with E-state index >= 15 is 0 Å². The van der Waals surface area contributed by atoms with Gasteiger partial charge in [-0.2, -0.15) is 0 Å². The highest BCUT2D eigenvalue weighted by molar-refractivity contribution is 7.09. The molecular weight excluding hydrogens is 362 g/mol. The number of thiazole rings is 1. The van der Waals surface area contributed by atoms with Crippen LogP contribution in [0.5, 0.6) is 0 Å². The number of benzene rings is 1. The molecule has 0 radical (unpaired) electrons. The van der Waals surface area contributed by atoms with Crippen molar-refractivity contribution in [2.45, 2.75) is 25.8 Å². The SMILES string of the molecule is Cc1cc(C[C@@H]2COC[C@@H]2NC(=O)c2csc(Cc3ccccc3)n2)on1. The Morgan fingerprint density at radius 2 is 2.15 bits per heavy atom. The molecule has 2 aromatic heterocycles. The molecule has 6 nitrogen and oxygen atoms in total. The number of nitrogens with zero attached hydrogens (tertiary/aromatic N) is 2. The van der Waals surface area contributed by atoms with Gasteiger partial charge in [-0.1, -0.05) is 35.5 Å². The van der Waals surface area contributed by atoms with E-state index in [0.29, 0.717) is 25.3 Å². The Kier molecular flexibility index (Phi) is 5.31. The van der Waals surface area contributed by atoms with E-state index in [9.17, 15) is 4.79 Å². The summed E-state index contributed by atoms with van der Waals surface area (Å²) in [6.07, 6.45) is 1.43. The number of carbonyl (C=O) groups is 1. The Morgan fingerprint density at radius 3 is 2.93 bits per heavy atom. The minimum Gasteiger partial charge on any atom is -0.379 e. The fraction of sp³-hybridized carbons (Fsp3) is 0.350. The molecule has 1 aliphatic heterocycles. The van der Waals surface area contributed by atoms with Gasteiger partial charge < -0.3 is 14.6 Å². The zero-order valence-electron chi connectivity index (χ0n) is 15.1. The third-order valence-electron chi connectivity index (χ3n) is 4.64. The normalized spacial score (nSPS) is 19.3. The van der Waals surface area contributed by atoms with E-state index in [0.717, 1.165) is 22.9 Å². The van der Waals surface area contributed by atoms with Crippen LogP contribution >= 0.6 is 11.3 Å². The van der Waals surface area contributed by atoms with Crippen molar-refractivity contribution in [3.05, 3.63) is 69.5 Å². The Bertz CT molecular complexity index is 906. The number of ether oxygens (including phenoxy) is 1. The minimum absolute atomic E-state index is 0.0535. The van der Waals surface area contributed by atoms with Gasteiger partial charge in [0, 0.05) is 30.2 Å². The monoisotopic (exact) mass is 383 g/mol. The van der Waals surface area contributed by atoms with Crippen molar-refractivity contribution in [3.8, 4) is 0 Å². The molecule has 3 heterocycles. The van der Waals surface area contributed by atoms with Crippen molar-refractivity contribution in [2.75, 3.05) is 13.2 Å². The van der Waals surface area contributed by atoms with Crippen LogP contribution in [0.3, 0.4) is 0 Å². The summed E-state index contributed by atoms with van der Waals surface area (Å²) >= 11 is 1.51. The second-order valence-electron chi connectivity index (χ2n) is 6.81. The number of aromatic nitrogens is 2. The van der Waals surface area contributed by atoms with Crippen molar-refractivity contribution in [1.29, 1.82) is 0 Å². The summed E-state index contributed by atoms with van der Waals surface area (Å²) in [5.41, 5.74) is 2.51. The molecule has 1 N–H and O–H groups in total. The molecule has 4 rings (SSSR count). The number of hydrogen-bond donors (Lipinski definition) is 1. The summed E-state index contributed by atoms with van der Waals surface area (Å²) < 4.78 is 10.9. The van der Waals surface area contributed by atoms with Crippen molar-refractivity contribution in [2.24, 2.45) is 5.92 Å². The van der Waals surface area contributed by atoms with Crippen molar-refractivity contribution in [1.82, 2.24) is 15.5 Å². The molecule has 0 saturated carbocycles. The maximum Gasteiger partial charge on any atom is 0.271 e. The second kappa shape index (κ2) is 8.02. The number of rotatable bonds is 6. The van der Waals surface area contributed by atoms with Crippen LogP contribution in [-0.4, -0.2) is 35.3 Å². The average molecular weight is 383 g/mol. The summed E-state index contributed by atoms with van der Waals surface area (Å²) in [5, 5.41) is 9.74. The molecule has 0 unspecified atom stereocenters. The number of carbonyl (C=O) groups excluding carboxylic acids is 1. The van der Waals surface area contributed by atoms with Crippen LogP contribution in [0.1, 0.15) is 32.5 Å². The first-order valence-electron chi connectivity index (χ1n) is 8.96. The lowest BCUT2D eigenvalue weighted by Gasteiger charge is -2.17. The number of aryl methyl sites for hydroxylation is 1. The van der Waals surface area contributed by atoms with Crippen LogP contribution in [0.25, 0.3) is 0 Å². The van der Waals surface area contributed by atoms with Gasteiger partial charge in [0.25, 0.3) is 5.91 Å². The fourth-order valence-corrected chi connectivity index (χ4v) is 4.05. The van der Waals surface area contributed by atoms with E-state index in [2.05, 4.69) is 27.6 Å². The summed E-state index contributed by atoms with van der Waals surface area (Å²) in [6.45, 7) is 3.00. The van der Waals surface area contributed by atoms with E-state index in [4.69, 9.17) is 9.26 Å². The Labute approximate surface area is 161 Å². The summed E-state index contributed by atoms with van der Waals surface area (Å²) in [4.78, 5) is 17.1. The van der Waals surface area contributed by atoms with E-state index in [1.807, 2.05) is 36.6 Å². The highest BCUT2D eigenvalue weighted by Gasteiger charge is 2.31. The lowest BCUT2D eigenvalue weighted by Crippen LogP contribution is -2.40. The summed E-state index contributed by atoms with van der Waals surface area (Å²) in [7, 11) is 0. The molecule has 1 aliphatic rings. The van der Waals surface area contributed by atoms with Crippen LogP contribution in [0.2, 0.25) is 0 Å². The quantitative estimate of drug-likeness (QED) is 0.708. The van der Waals surface area contributed by atoms with E-state index in [1.54, 1.807) is 0 Å². The van der Waals surface area contributed by atoms with Gasteiger partial charge in [-0.3, -0.25) is 4.79 Å². The van der Waals surface area contributed by atoms with Crippen molar-refractivity contribution in [3.63, 3.8) is 0 Å². The Hall–Kier alpha value is -2.51. The van der Waals surface area contributed by atoms with Gasteiger partial charge in [0.2, 0.25) is 0 Å². The van der Waals surface area contributed by atoms with Crippen LogP contribution < -0.4 is 5.32 Å². The number of nitrogens with one attached hydrogen (secondary N) is 1. The largest absolute Gasteiger partial charge is 0.379 e. The number of hydrogen-bond acceptors (Lipinski definition) is 6. The predicted octanol–water partition coefficient (Wildman–Crippen LogP) is 3.02. The van der Waals surface area contributed by atoms with Gasteiger partial charge in [-0.25, -0.2) is 4.98 Å². The molecule has 1 aromatic carbocycles. The Morgan fingerprint density at radius 1 is 1.30 bits per heavy atom. The smallest absolute Gasteiger partial charge is 0.271 e. The van der Waals surface area contributed by atoms with Crippen molar-refractivity contribution < 1.29 is 14.1 Å². The van der Waals surface area contributed by atoms with E-state index in [1.165, 1.54) is 16.9 Å². The zero-order valence-corrected chi connectivity index (χ0v) is 15.9. The van der Waals surface area contributed by atoms with Gasteiger partial charge in [0.05, 0.1) is 30.0 Å².